The molecule has 2 rings (SSSR count). The predicted octanol–water partition coefficient (Wildman–Crippen LogP) is 1.89. The van der Waals surface area contributed by atoms with E-state index in [1.165, 1.54) is 20.0 Å². The number of methoxy groups -OCH3 is 1. The van der Waals surface area contributed by atoms with Crippen molar-refractivity contribution in [1.82, 2.24) is 5.32 Å². The van der Waals surface area contributed by atoms with E-state index >= 15 is 0 Å². The average molecular weight is 234 g/mol. The van der Waals surface area contributed by atoms with Crippen LogP contribution in [-0.2, 0) is 9.53 Å². The largest absolute Gasteiger partial charge is 0.469 e. The smallest absolute Gasteiger partial charge is 0.308 e. The molecular weight excluding hydrogens is 214 g/mol. The fourth-order valence-corrected chi connectivity index (χ4v) is 2.87. The van der Waals surface area contributed by atoms with E-state index < -0.39 is 0 Å². The van der Waals surface area contributed by atoms with E-state index in [1.54, 1.807) is 0 Å². The number of halogens is 1. The Labute approximate surface area is 97.4 Å². The lowest BCUT2D eigenvalue weighted by Crippen LogP contribution is -2.44. The van der Waals surface area contributed by atoms with Gasteiger partial charge in [-0.3, -0.25) is 4.79 Å². The van der Waals surface area contributed by atoms with Crippen LogP contribution >= 0.6 is 12.4 Å². The Bertz CT molecular complexity index is 217. The summed E-state index contributed by atoms with van der Waals surface area (Å²) in [6.45, 7) is 1.16. The first kappa shape index (κ1) is 12.8. The molecule has 0 aromatic carbocycles. The highest BCUT2D eigenvalue weighted by molar-refractivity contribution is 5.85. The topological polar surface area (TPSA) is 38.3 Å². The highest BCUT2D eigenvalue weighted by Gasteiger charge is 2.39. The third kappa shape index (κ3) is 2.64. The van der Waals surface area contributed by atoms with Crippen molar-refractivity contribution in [2.75, 3.05) is 13.7 Å². The molecule has 1 saturated heterocycles. The van der Waals surface area contributed by atoms with Gasteiger partial charge in [0, 0.05) is 5.54 Å². The van der Waals surface area contributed by atoms with E-state index in [2.05, 4.69) is 5.32 Å². The highest BCUT2D eigenvalue weighted by Crippen LogP contribution is 2.37. The van der Waals surface area contributed by atoms with E-state index in [1.807, 2.05) is 0 Å². The van der Waals surface area contributed by atoms with Crippen LogP contribution in [0.4, 0.5) is 0 Å². The van der Waals surface area contributed by atoms with E-state index in [9.17, 15) is 4.79 Å². The lowest BCUT2D eigenvalue weighted by atomic mass is 9.76. The van der Waals surface area contributed by atoms with Gasteiger partial charge in [0.05, 0.1) is 13.0 Å². The second kappa shape index (κ2) is 5.17. The van der Waals surface area contributed by atoms with Crippen LogP contribution in [0.15, 0.2) is 0 Å². The Morgan fingerprint density at radius 3 is 2.47 bits per heavy atom. The van der Waals surface area contributed by atoms with Gasteiger partial charge in [-0.2, -0.15) is 0 Å². The van der Waals surface area contributed by atoms with Crippen LogP contribution in [0.3, 0.4) is 0 Å². The molecule has 1 N–H and O–H groups in total. The molecule has 0 unspecified atom stereocenters. The Hall–Kier alpha value is -0.280. The molecule has 0 amide bonds. The number of carbonyl (C=O) groups excluding carboxylic acids is 1. The third-order valence-electron chi connectivity index (χ3n) is 3.81. The molecule has 88 valence electrons. The number of rotatable bonds is 1. The number of nitrogens with one attached hydrogen (secondary N) is 1. The minimum absolute atomic E-state index is 0. The quantitative estimate of drug-likeness (QED) is 0.703. The Balaban J connectivity index is 0.00000112. The fourth-order valence-electron chi connectivity index (χ4n) is 2.87. The maximum absolute atomic E-state index is 11.3. The molecule has 0 atom stereocenters. The van der Waals surface area contributed by atoms with E-state index in [0.29, 0.717) is 5.54 Å². The predicted molar refractivity (Wildman–Crippen MR) is 61.2 cm³/mol. The zero-order chi connectivity index (χ0) is 10.0. The number of hydrogen-bond donors (Lipinski definition) is 1. The van der Waals surface area contributed by atoms with Gasteiger partial charge in [-0.1, -0.05) is 0 Å². The van der Waals surface area contributed by atoms with Gasteiger partial charge in [0.2, 0.25) is 0 Å². The van der Waals surface area contributed by atoms with Gasteiger partial charge in [0.25, 0.3) is 0 Å². The van der Waals surface area contributed by atoms with Crippen LogP contribution in [0.2, 0.25) is 0 Å². The van der Waals surface area contributed by atoms with Crippen LogP contribution in [-0.4, -0.2) is 25.2 Å². The van der Waals surface area contributed by atoms with Crippen molar-refractivity contribution in [2.45, 2.75) is 44.1 Å². The summed E-state index contributed by atoms with van der Waals surface area (Å²) < 4.78 is 4.78. The first-order chi connectivity index (χ1) is 6.76. The first-order valence-corrected chi connectivity index (χ1v) is 5.59. The van der Waals surface area contributed by atoms with Crippen molar-refractivity contribution in [3.05, 3.63) is 0 Å². The van der Waals surface area contributed by atoms with Crippen molar-refractivity contribution in [3.63, 3.8) is 0 Å². The maximum Gasteiger partial charge on any atom is 0.308 e. The lowest BCUT2D eigenvalue weighted by Gasteiger charge is -2.36. The SMILES string of the molecule is COC(=O)C1CCC2(CCCN2)CC1.Cl. The Morgan fingerprint density at radius 2 is 2.00 bits per heavy atom. The molecule has 3 nitrogen and oxygen atoms in total. The molecule has 4 heteroatoms. The van der Waals surface area contributed by atoms with Crippen LogP contribution in [0.5, 0.6) is 0 Å². The monoisotopic (exact) mass is 233 g/mol. The number of ether oxygens (including phenoxy) is 1. The minimum atomic E-state index is -0.0159. The molecule has 0 radical (unpaired) electrons. The summed E-state index contributed by atoms with van der Waals surface area (Å²) in [6.07, 6.45) is 6.88. The van der Waals surface area contributed by atoms with Gasteiger partial charge in [-0.15, -0.1) is 12.4 Å². The van der Waals surface area contributed by atoms with Crippen molar-refractivity contribution in [2.24, 2.45) is 5.92 Å². The zero-order valence-corrected chi connectivity index (χ0v) is 10.1. The molecule has 2 aliphatic rings. The van der Waals surface area contributed by atoms with E-state index in [-0.39, 0.29) is 24.3 Å². The van der Waals surface area contributed by atoms with Crippen LogP contribution in [0, 0.1) is 5.92 Å². The molecule has 1 heterocycles. The van der Waals surface area contributed by atoms with Crippen molar-refractivity contribution >= 4 is 18.4 Å². The maximum atomic E-state index is 11.3. The molecule has 1 spiro atoms. The molecule has 1 aliphatic carbocycles. The normalized spacial score (nSPS) is 34.9. The van der Waals surface area contributed by atoms with Gasteiger partial charge in [0.15, 0.2) is 0 Å². The molecule has 0 aromatic rings. The van der Waals surface area contributed by atoms with Gasteiger partial charge in [-0.05, 0) is 45.1 Å². The molecule has 0 aromatic heterocycles. The third-order valence-corrected chi connectivity index (χ3v) is 3.81. The summed E-state index contributed by atoms with van der Waals surface area (Å²) in [5.41, 5.74) is 0.379. The first-order valence-electron chi connectivity index (χ1n) is 5.59. The summed E-state index contributed by atoms with van der Waals surface area (Å²) in [7, 11) is 1.49. The summed E-state index contributed by atoms with van der Waals surface area (Å²) in [4.78, 5) is 11.3. The minimum Gasteiger partial charge on any atom is -0.469 e. The highest BCUT2D eigenvalue weighted by atomic mass is 35.5. The van der Waals surface area contributed by atoms with Crippen LogP contribution in [0.25, 0.3) is 0 Å². The fraction of sp³-hybridized carbons (Fsp3) is 0.909. The van der Waals surface area contributed by atoms with Gasteiger partial charge >= 0.3 is 5.97 Å². The Morgan fingerprint density at radius 1 is 1.33 bits per heavy atom. The van der Waals surface area contributed by atoms with Gasteiger partial charge < -0.3 is 10.1 Å². The van der Waals surface area contributed by atoms with Crippen molar-refractivity contribution in [3.8, 4) is 0 Å². The summed E-state index contributed by atoms with van der Waals surface area (Å²) in [5, 5.41) is 3.60. The summed E-state index contributed by atoms with van der Waals surface area (Å²) >= 11 is 0. The summed E-state index contributed by atoms with van der Waals surface area (Å²) in [6, 6.07) is 0. The summed E-state index contributed by atoms with van der Waals surface area (Å²) in [5.74, 6) is 0.144. The molecule has 1 saturated carbocycles. The second-order valence-corrected chi connectivity index (χ2v) is 4.61. The molecule has 15 heavy (non-hydrogen) atoms. The molecule has 1 aliphatic heterocycles. The van der Waals surface area contributed by atoms with E-state index in [4.69, 9.17) is 4.74 Å². The molecule has 2 fully saturated rings. The van der Waals surface area contributed by atoms with Crippen molar-refractivity contribution in [1.29, 1.82) is 0 Å². The number of esters is 1. The second-order valence-electron chi connectivity index (χ2n) is 4.61. The van der Waals surface area contributed by atoms with Gasteiger partial charge in [-0.25, -0.2) is 0 Å². The Kier molecular flexibility index (Phi) is 4.41. The average Bonchev–Trinajstić information content (AvgIpc) is 2.67. The van der Waals surface area contributed by atoms with Crippen LogP contribution in [0.1, 0.15) is 38.5 Å². The van der Waals surface area contributed by atoms with Crippen molar-refractivity contribution < 1.29 is 9.53 Å². The zero-order valence-electron chi connectivity index (χ0n) is 9.25. The number of hydrogen-bond acceptors (Lipinski definition) is 3. The van der Waals surface area contributed by atoms with E-state index in [0.717, 1.165) is 32.2 Å². The van der Waals surface area contributed by atoms with Crippen LogP contribution < -0.4 is 5.32 Å². The lowest BCUT2D eigenvalue weighted by molar-refractivity contribution is -0.147. The molecular formula is C11H20ClNO2. The standard InChI is InChI=1S/C11H19NO2.ClH/c1-14-10(13)9-3-6-11(7-4-9)5-2-8-12-11;/h9,12H,2-8H2,1H3;1H. The molecule has 0 bridgehead atoms. The van der Waals surface area contributed by atoms with Gasteiger partial charge in [0.1, 0.15) is 0 Å². The number of carbonyl (C=O) groups is 1.